The van der Waals surface area contributed by atoms with Gasteiger partial charge in [-0.05, 0) is 18.6 Å². The Hall–Kier alpha value is -0.890. The van der Waals surface area contributed by atoms with Crippen molar-refractivity contribution in [1.29, 1.82) is 0 Å². The molecule has 0 aliphatic carbocycles. The lowest BCUT2D eigenvalue weighted by atomic mass is 10.1. The van der Waals surface area contributed by atoms with E-state index in [0.29, 0.717) is 17.4 Å². The smallest absolute Gasteiger partial charge is 0.141 e. The van der Waals surface area contributed by atoms with Gasteiger partial charge in [-0.1, -0.05) is 56.7 Å². The third kappa shape index (κ3) is 5.31. The Morgan fingerprint density at radius 3 is 2.59 bits per heavy atom. The number of unbranched alkanes of at least 4 members (excludes halogenated alkanes) is 5. The molecule has 1 rings (SSSR count). The zero-order valence-corrected chi connectivity index (χ0v) is 11.2. The van der Waals surface area contributed by atoms with Crippen LogP contribution in [0.3, 0.4) is 0 Å². The van der Waals surface area contributed by atoms with Crippen LogP contribution in [-0.4, -0.2) is 11.7 Å². The quantitative estimate of drug-likeness (QED) is 0.678. The molecule has 0 bridgehead atoms. The van der Waals surface area contributed by atoms with Crippen LogP contribution in [0.2, 0.25) is 5.02 Å². The van der Waals surface area contributed by atoms with E-state index >= 15 is 0 Å². The second kappa shape index (κ2) is 8.24. The van der Waals surface area contributed by atoms with Crippen LogP contribution >= 0.6 is 11.6 Å². The molecule has 1 aromatic carbocycles. The van der Waals surface area contributed by atoms with Gasteiger partial charge in [0, 0.05) is 0 Å². The van der Waals surface area contributed by atoms with Gasteiger partial charge in [-0.2, -0.15) is 0 Å². The monoisotopic (exact) mass is 256 g/mol. The summed E-state index contributed by atoms with van der Waals surface area (Å²) in [6.07, 6.45) is 7.40. The Morgan fingerprint density at radius 1 is 1.12 bits per heavy atom. The van der Waals surface area contributed by atoms with E-state index in [-0.39, 0.29) is 5.75 Å². The van der Waals surface area contributed by atoms with Crippen LogP contribution in [0.5, 0.6) is 11.5 Å². The normalized spacial score (nSPS) is 10.5. The van der Waals surface area contributed by atoms with Gasteiger partial charge in [0.1, 0.15) is 16.5 Å². The number of aromatic hydroxyl groups is 1. The summed E-state index contributed by atoms with van der Waals surface area (Å²) in [5.74, 6) is 0.646. The maximum Gasteiger partial charge on any atom is 0.141 e. The van der Waals surface area contributed by atoms with Crippen LogP contribution in [-0.2, 0) is 0 Å². The minimum atomic E-state index is 0.0760. The largest absolute Gasteiger partial charge is 0.506 e. The molecule has 17 heavy (non-hydrogen) atoms. The number of phenols is 1. The first kappa shape index (κ1) is 14.2. The van der Waals surface area contributed by atoms with Crippen molar-refractivity contribution < 1.29 is 9.84 Å². The molecule has 0 fully saturated rings. The molecule has 0 aromatic heterocycles. The van der Waals surface area contributed by atoms with Gasteiger partial charge in [-0.3, -0.25) is 0 Å². The van der Waals surface area contributed by atoms with Gasteiger partial charge in [0.05, 0.1) is 6.61 Å². The first-order chi connectivity index (χ1) is 8.25. The van der Waals surface area contributed by atoms with Crippen molar-refractivity contribution in [2.75, 3.05) is 6.61 Å². The molecule has 0 unspecified atom stereocenters. The van der Waals surface area contributed by atoms with Gasteiger partial charge in [-0.25, -0.2) is 0 Å². The van der Waals surface area contributed by atoms with E-state index in [1.165, 1.54) is 32.1 Å². The van der Waals surface area contributed by atoms with Crippen LogP contribution in [0, 0.1) is 0 Å². The molecule has 0 spiro atoms. The van der Waals surface area contributed by atoms with Crippen LogP contribution in [0.25, 0.3) is 0 Å². The van der Waals surface area contributed by atoms with Crippen molar-refractivity contribution in [2.24, 2.45) is 0 Å². The second-order valence-corrected chi connectivity index (χ2v) is 4.58. The number of halogens is 1. The molecule has 0 atom stereocenters. The molecule has 0 heterocycles. The summed E-state index contributed by atoms with van der Waals surface area (Å²) in [6, 6.07) is 5.07. The first-order valence-corrected chi connectivity index (χ1v) is 6.73. The van der Waals surface area contributed by atoms with Gasteiger partial charge in [0.2, 0.25) is 0 Å². The lowest BCUT2D eigenvalue weighted by Gasteiger charge is -2.08. The highest BCUT2D eigenvalue weighted by Crippen LogP contribution is 2.32. The Morgan fingerprint density at radius 2 is 1.82 bits per heavy atom. The van der Waals surface area contributed by atoms with Crippen molar-refractivity contribution in [2.45, 2.75) is 45.4 Å². The summed E-state index contributed by atoms with van der Waals surface area (Å²) in [5, 5.41) is 9.69. The predicted octanol–water partition coefficient (Wildman–Crippen LogP) is 4.78. The lowest BCUT2D eigenvalue weighted by Crippen LogP contribution is -1.97. The molecule has 3 heteroatoms. The number of phenolic OH excluding ortho intramolecular Hbond substituents is 1. The molecule has 0 aliphatic rings. The topological polar surface area (TPSA) is 29.5 Å². The second-order valence-electron chi connectivity index (χ2n) is 4.21. The van der Waals surface area contributed by atoms with Crippen LogP contribution in [0.15, 0.2) is 18.2 Å². The Balaban J connectivity index is 2.16. The Kier molecular flexibility index (Phi) is 6.87. The van der Waals surface area contributed by atoms with Crippen molar-refractivity contribution in [3.63, 3.8) is 0 Å². The molecule has 0 aliphatic heterocycles. The number of hydrogen-bond donors (Lipinski definition) is 1. The Bertz CT molecular complexity index is 326. The van der Waals surface area contributed by atoms with Crippen LogP contribution in [0.1, 0.15) is 45.4 Å². The minimum absolute atomic E-state index is 0.0760. The van der Waals surface area contributed by atoms with E-state index in [2.05, 4.69) is 6.92 Å². The van der Waals surface area contributed by atoms with Crippen LogP contribution < -0.4 is 4.74 Å². The molecular weight excluding hydrogens is 236 g/mol. The number of benzene rings is 1. The fourth-order valence-corrected chi connectivity index (χ4v) is 1.86. The summed E-state index contributed by atoms with van der Waals surface area (Å²) < 4.78 is 5.53. The van der Waals surface area contributed by atoms with Crippen molar-refractivity contribution in [3.8, 4) is 11.5 Å². The van der Waals surface area contributed by atoms with Gasteiger partial charge < -0.3 is 9.84 Å². The number of ether oxygens (including phenoxy) is 1. The highest BCUT2D eigenvalue weighted by atomic mass is 35.5. The molecular formula is C14H21ClO2. The fraction of sp³-hybridized carbons (Fsp3) is 0.571. The lowest BCUT2D eigenvalue weighted by molar-refractivity contribution is 0.303. The van der Waals surface area contributed by atoms with Crippen LogP contribution in [0.4, 0.5) is 0 Å². The van der Waals surface area contributed by atoms with Gasteiger partial charge in [-0.15, -0.1) is 0 Å². The van der Waals surface area contributed by atoms with Gasteiger partial charge in [0.25, 0.3) is 0 Å². The zero-order chi connectivity index (χ0) is 12.5. The SMILES string of the molecule is CCCCCCCCOc1cccc(O)c1Cl. The molecule has 0 saturated heterocycles. The van der Waals surface area contributed by atoms with Gasteiger partial charge in [0.15, 0.2) is 0 Å². The van der Waals surface area contributed by atoms with Crippen molar-refractivity contribution in [3.05, 3.63) is 23.2 Å². The van der Waals surface area contributed by atoms with E-state index in [1.54, 1.807) is 18.2 Å². The maximum atomic E-state index is 9.39. The Labute approximate surface area is 109 Å². The molecule has 0 saturated carbocycles. The summed E-state index contributed by atoms with van der Waals surface area (Å²) >= 11 is 5.90. The summed E-state index contributed by atoms with van der Waals surface area (Å²) in [4.78, 5) is 0. The molecule has 0 radical (unpaired) electrons. The zero-order valence-electron chi connectivity index (χ0n) is 10.4. The molecule has 2 nitrogen and oxygen atoms in total. The molecule has 0 amide bonds. The van der Waals surface area contributed by atoms with E-state index in [4.69, 9.17) is 16.3 Å². The van der Waals surface area contributed by atoms with E-state index in [0.717, 1.165) is 6.42 Å². The first-order valence-electron chi connectivity index (χ1n) is 6.36. The third-order valence-electron chi connectivity index (χ3n) is 2.70. The van der Waals surface area contributed by atoms with E-state index in [9.17, 15) is 5.11 Å². The highest BCUT2D eigenvalue weighted by Gasteiger charge is 2.05. The highest BCUT2D eigenvalue weighted by molar-refractivity contribution is 6.33. The maximum absolute atomic E-state index is 9.39. The molecule has 1 aromatic rings. The minimum Gasteiger partial charge on any atom is -0.506 e. The van der Waals surface area contributed by atoms with E-state index in [1.807, 2.05) is 0 Å². The van der Waals surface area contributed by atoms with E-state index < -0.39 is 0 Å². The third-order valence-corrected chi connectivity index (χ3v) is 3.08. The predicted molar refractivity (Wildman–Crippen MR) is 72.0 cm³/mol. The average Bonchev–Trinajstić information content (AvgIpc) is 2.33. The standard InChI is InChI=1S/C14H21ClO2/c1-2-3-4-5-6-7-11-17-13-10-8-9-12(16)14(13)15/h8-10,16H,2-7,11H2,1H3. The van der Waals surface area contributed by atoms with Crippen molar-refractivity contribution >= 4 is 11.6 Å². The molecule has 1 N–H and O–H groups in total. The molecule has 96 valence electrons. The average molecular weight is 257 g/mol. The summed E-state index contributed by atoms with van der Waals surface area (Å²) in [6.45, 7) is 2.88. The number of hydrogen-bond acceptors (Lipinski definition) is 2. The number of rotatable bonds is 8. The summed E-state index contributed by atoms with van der Waals surface area (Å²) in [5.41, 5.74) is 0. The van der Waals surface area contributed by atoms with Gasteiger partial charge >= 0.3 is 0 Å². The fourth-order valence-electron chi connectivity index (χ4n) is 1.68. The van der Waals surface area contributed by atoms with Crippen molar-refractivity contribution in [1.82, 2.24) is 0 Å². The summed E-state index contributed by atoms with van der Waals surface area (Å²) in [7, 11) is 0.